The van der Waals surface area contributed by atoms with Gasteiger partial charge in [-0.15, -0.1) is 11.3 Å². The number of carbonyl (C=O) groups is 3. The van der Waals surface area contributed by atoms with Gasteiger partial charge in [0.15, 0.2) is 22.5 Å². The molecule has 4 heterocycles. The van der Waals surface area contributed by atoms with Gasteiger partial charge in [-0.1, -0.05) is 6.07 Å². The number of aliphatic carboxylic acids is 1. The molecule has 3 aliphatic heterocycles. The lowest BCUT2D eigenvalue weighted by Crippen LogP contribution is -2.53. The van der Waals surface area contributed by atoms with E-state index in [1.807, 2.05) is 0 Å². The van der Waals surface area contributed by atoms with E-state index in [1.165, 1.54) is 31.4 Å². The summed E-state index contributed by atoms with van der Waals surface area (Å²) in [5, 5.41) is 14.9. The fourth-order valence-electron chi connectivity index (χ4n) is 5.82. The number of ether oxygens (including phenoxy) is 1. The summed E-state index contributed by atoms with van der Waals surface area (Å²) >= 11 is 1.34. The molecule has 2 saturated heterocycles. The molecule has 1 aromatic carbocycles. The smallest absolute Gasteiger partial charge is 0.338 e. The summed E-state index contributed by atoms with van der Waals surface area (Å²) in [6.45, 7) is 6.94. The first kappa shape index (κ1) is 29.6. The van der Waals surface area contributed by atoms with Gasteiger partial charge in [-0.3, -0.25) is 14.7 Å². The first-order valence-corrected chi connectivity index (χ1v) is 14.3. The van der Waals surface area contributed by atoms with Crippen LogP contribution in [0.1, 0.15) is 42.4 Å². The van der Waals surface area contributed by atoms with Crippen LogP contribution in [-0.4, -0.2) is 100 Å². The second-order valence-electron chi connectivity index (χ2n) is 11.2. The number of fused-ring (bicyclic) bond motifs is 1. The molecule has 14 heteroatoms. The van der Waals surface area contributed by atoms with E-state index in [9.17, 15) is 28.3 Å². The number of hydrogen-bond acceptors (Lipinski definition) is 9. The summed E-state index contributed by atoms with van der Waals surface area (Å²) in [5.74, 6) is -3.26. The number of aliphatic imine (C=N–C) groups is 1. The summed E-state index contributed by atoms with van der Waals surface area (Å²) < 4.78 is 33.8. The number of piperazine rings is 1. The quantitative estimate of drug-likeness (QED) is 0.442. The van der Waals surface area contributed by atoms with Gasteiger partial charge in [-0.05, 0) is 38.0 Å². The molecular weight excluding hydrogens is 570 g/mol. The third-order valence-corrected chi connectivity index (χ3v) is 8.75. The maximum Gasteiger partial charge on any atom is 0.338 e. The van der Waals surface area contributed by atoms with Crippen molar-refractivity contribution < 1.29 is 33.0 Å². The van der Waals surface area contributed by atoms with Crippen molar-refractivity contribution >= 4 is 35.1 Å². The Hall–Kier alpha value is -3.91. The Morgan fingerprint density at radius 1 is 1.24 bits per heavy atom. The minimum Gasteiger partial charge on any atom is -0.481 e. The SMILES string of the molecule is COC(=O)C1=C(CN2CCN3C(=O)N(C(C)(C)CC(=O)O)CC3C2)NC(c2nccs2)=NC1c1ccc(F)c(F)c1C. The highest BCUT2D eigenvalue weighted by Crippen LogP contribution is 2.36. The minimum absolute atomic E-state index is 0.0343. The Labute approximate surface area is 245 Å². The van der Waals surface area contributed by atoms with Crippen molar-refractivity contribution in [2.24, 2.45) is 4.99 Å². The van der Waals surface area contributed by atoms with Gasteiger partial charge >= 0.3 is 18.0 Å². The lowest BCUT2D eigenvalue weighted by molar-refractivity contribution is -0.139. The molecule has 2 fully saturated rings. The molecule has 2 N–H and O–H groups in total. The van der Waals surface area contributed by atoms with Crippen molar-refractivity contribution in [2.75, 3.05) is 39.8 Å². The third kappa shape index (κ3) is 5.48. The molecule has 2 atom stereocenters. The van der Waals surface area contributed by atoms with Crippen molar-refractivity contribution in [3.05, 3.63) is 62.7 Å². The van der Waals surface area contributed by atoms with E-state index in [0.717, 1.165) is 6.07 Å². The number of aromatic nitrogens is 1. The lowest BCUT2D eigenvalue weighted by atomic mass is 9.92. The molecule has 2 aromatic rings. The number of carboxylic acid groups (broad SMARTS) is 1. The number of carbonyl (C=O) groups excluding carboxylic acids is 2. The van der Waals surface area contributed by atoms with Crippen LogP contribution < -0.4 is 5.32 Å². The van der Waals surface area contributed by atoms with E-state index in [1.54, 1.807) is 35.2 Å². The molecule has 0 bridgehead atoms. The van der Waals surface area contributed by atoms with E-state index < -0.39 is 35.2 Å². The first-order chi connectivity index (χ1) is 19.9. The van der Waals surface area contributed by atoms with Gasteiger partial charge in [0.25, 0.3) is 0 Å². The van der Waals surface area contributed by atoms with Gasteiger partial charge in [-0.25, -0.2) is 23.4 Å². The van der Waals surface area contributed by atoms with E-state index in [4.69, 9.17) is 9.73 Å². The summed E-state index contributed by atoms with van der Waals surface area (Å²) in [7, 11) is 1.25. The average Bonchev–Trinajstić information content (AvgIpc) is 3.59. The zero-order valence-electron chi connectivity index (χ0n) is 23.7. The highest BCUT2D eigenvalue weighted by molar-refractivity contribution is 7.11. The van der Waals surface area contributed by atoms with Gasteiger partial charge in [0.2, 0.25) is 0 Å². The van der Waals surface area contributed by atoms with Crippen LogP contribution in [0, 0.1) is 18.6 Å². The minimum atomic E-state index is -1.01. The summed E-state index contributed by atoms with van der Waals surface area (Å²) in [6.07, 6.45) is 1.45. The van der Waals surface area contributed by atoms with Gasteiger partial charge in [0.1, 0.15) is 6.04 Å². The number of benzene rings is 1. The number of halogens is 2. The highest BCUT2D eigenvalue weighted by Gasteiger charge is 2.47. The van der Waals surface area contributed by atoms with Gasteiger partial charge < -0.3 is 25.0 Å². The normalized spacial score (nSPS) is 21.3. The van der Waals surface area contributed by atoms with E-state index >= 15 is 0 Å². The maximum absolute atomic E-state index is 14.7. The standard InChI is InChI=1S/C28H32F2N6O5S/c1-15-17(5-6-18(29)22(15)30)23-21(26(39)41-4)19(32-24(33-23)25-31-7-10-42-25)14-34-8-9-35-16(12-34)13-36(27(35)40)28(2,3)11-20(37)38/h5-7,10,16,23H,8-9,11-14H2,1-4H3,(H,32,33)(H,37,38). The number of methoxy groups -OCH3 is 1. The number of amides is 2. The number of carboxylic acids is 1. The molecule has 3 aliphatic rings. The molecule has 11 nitrogen and oxygen atoms in total. The molecular formula is C28H32F2N6O5S. The van der Waals surface area contributed by atoms with E-state index in [2.05, 4.69) is 15.2 Å². The molecule has 42 heavy (non-hydrogen) atoms. The highest BCUT2D eigenvalue weighted by atomic mass is 32.1. The predicted octanol–water partition coefficient (Wildman–Crippen LogP) is 2.92. The number of hydrogen-bond donors (Lipinski definition) is 2. The monoisotopic (exact) mass is 602 g/mol. The van der Waals surface area contributed by atoms with Crippen LogP contribution in [0.4, 0.5) is 13.6 Å². The second kappa shape index (κ2) is 11.4. The number of nitrogens with zero attached hydrogens (tertiary/aromatic N) is 5. The van der Waals surface area contributed by atoms with Crippen molar-refractivity contribution in [3.63, 3.8) is 0 Å². The third-order valence-electron chi connectivity index (χ3n) is 7.98. The Morgan fingerprint density at radius 2 is 2.00 bits per heavy atom. The van der Waals surface area contributed by atoms with Crippen molar-refractivity contribution in [1.82, 2.24) is 25.0 Å². The number of esters is 1. The maximum atomic E-state index is 14.7. The summed E-state index contributed by atoms with van der Waals surface area (Å²) in [5.41, 5.74) is 0.153. The van der Waals surface area contributed by atoms with Crippen LogP contribution in [0.2, 0.25) is 0 Å². The number of nitrogens with one attached hydrogen (secondary N) is 1. The van der Waals surface area contributed by atoms with E-state index in [-0.39, 0.29) is 36.2 Å². The summed E-state index contributed by atoms with van der Waals surface area (Å²) in [6, 6.07) is 1.08. The van der Waals surface area contributed by atoms with Crippen molar-refractivity contribution in [1.29, 1.82) is 0 Å². The largest absolute Gasteiger partial charge is 0.481 e. The van der Waals surface area contributed by atoms with Gasteiger partial charge in [-0.2, -0.15) is 0 Å². The zero-order valence-corrected chi connectivity index (χ0v) is 24.5. The van der Waals surface area contributed by atoms with Crippen LogP contribution in [0.25, 0.3) is 0 Å². The molecule has 1 aromatic heterocycles. The number of amidine groups is 1. The Balaban J connectivity index is 1.47. The molecule has 2 amide bonds. The second-order valence-corrected chi connectivity index (χ2v) is 12.1. The molecule has 0 aliphatic carbocycles. The van der Waals surface area contributed by atoms with Crippen LogP contribution in [0.15, 0.2) is 40.0 Å². The Bertz CT molecular complexity index is 1480. The predicted molar refractivity (Wildman–Crippen MR) is 150 cm³/mol. The van der Waals surface area contributed by atoms with Crippen LogP contribution >= 0.6 is 11.3 Å². The Morgan fingerprint density at radius 3 is 2.67 bits per heavy atom. The fourth-order valence-corrected chi connectivity index (χ4v) is 6.41. The average molecular weight is 603 g/mol. The van der Waals surface area contributed by atoms with Crippen LogP contribution in [0.3, 0.4) is 0 Å². The van der Waals surface area contributed by atoms with Crippen molar-refractivity contribution in [3.8, 4) is 0 Å². The first-order valence-electron chi connectivity index (χ1n) is 13.4. The molecule has 2 unspecified atom stereocenters. The number of thiazole rings is 1. The van der Waals surface area contributed by atoms with E-state index in [0.29, 0.717) is 48.3 Å². The number of rotatable bonds is 8. The van der Waals surface area contributed by atoms with Gasteiger partial charge in [0.05, 0.1) is 25.1 Å². The molecule has 0 radical (unpaired) electrons. The van der Waals surface area contributed by atoms with Crippen molar-refractivity contribution in [2.45, 2.75) is 44.8 Å². The van der Waals surface area contributed by atoms with Gasteiger partial charge in [0, 0.05) is 55.5 Å². The lowest BCUT2D eigenvalue weighted by Gasteiger charge is -2.38. The fraction of sp³-hybridized carbons (Fsp3) is 0.464. The summed E-state index contributed by atoms with van der Waals surface area (Å²) in [4.78, 5) is 52.4. The molecule has 0 saturated carbocycles. The zero-order chi connectivity index (χ0) is 30.3. The van der Waals surface area contributed by atoms with Crippen LogP contribution in [0.5, 0.6) is 0 Å². The number of urea groups is 1. The molecule has 224 valence electrons. The molecule has 5 rings (SSSR count). The molecule has 0 spiro atoms. The van der Waals surface area contributed by atoms with Crippen LogP contribution in [-0.2, 0) is 14.3 Å². The Kier molecular flexibility index (Phi) is 8.03. The topological polar surface area (TPSA) is 128 Å².